The van der Waals surface area contributed by atoms with Crippen LogP contribution in [0.3, 0.4) is 0 Å². The Morgan fingerprint density at radius 3 is 2.71 bits per heavy atom. The Morgan fingerprint density at radius 2 is 1.89 bits per heavy atom. The minimum atomic E-state index is -0.513. The van der Waals surface area contributed by atoms with Crippen molar-refractivity contribution in [2.75, 3.05) is 16.4 Å². The summed E-state index contributed by atoms with van der Waals surface area (Å²) in [5.41, 5.74) is 8.61. The van der Waals surface area contributed by atoms with Gasteiger partial charge < -0.3 is 16.4 Å². The quantitative estimate of drug-likeness (QED) is 0.339. The van der Waals surface area contributed by atoms with Crippen LogP contribution in [0.25, 0.3) is 21.7 Å². The number of aromatic nitrogens is 3. The molecule has 0 aliphatic heterocycles. The van der Waals surface area contributed by atoms with Crippen molar-refractivity contribution in [1.82, 2.24) is 15.0 Å². The second kappa shape index (κ2) is 8.68. The molecule has 0 fully saturated rings. The fourth-order valence-corrected chi connectivity index (χ4v) is 3.92. The molecule has 0 unspecified atom stereocenters. The Kier molecular flexibility index (Phi) is 5.39. The lowest BCUT2D eigenvalue weighted by Crippen LogP contribution is -2.14. The maximum atomic E-state index is 14.4. The Morgan fingerprint density at radius 1 is 1.03 bits per heavy atom. The minimum Gasteiger partial charge on any atom is -0.383 e. The molecular weight excluding hydrogens is 445 g/mol. The van der Waals surface area contributed by atoms with E-state index in [1.807, 2.05) is 25.1 Å². The number of pyridine rings is 1. The standard InChI is InChI=1S/C26H18FN7O/c1-14-5-7-17-16(9-10-30-25(17)33-21-11-15(12-28)6-8-20(21)27)22(14)34-26(35)19-4-2-3-18-23(19)31-13-32-24(18)29/h2-11,13H,1H3,(H,30,33)(H,34,35)(H2,29,31,32). The molecule has 2 heterocycles. The number of nitrogens with two attached hydrogens (primary N) is 1. The van der Waals surface area contributed by atoms with Gasteiger partial charge in [-0.2, -0.15) is 5.26 Å². The molecule has 2 aromatic heterocycles. The van der Waals surface area contributed by atoms with Crippen molar-refractivity contribution in [1.29, 1.82) is 5.26 Å². The molecule has 0 radical (unpaired) electrons. The zero-order chi connectivity index (χ0) is 24.5. The van der Waals surface area contributed by atoms with E-state index in [1.165, 1.54) is 24.5 Å². The summed E-state index contributed by atoms with van der Waals surface area (Å²) < 4.78 is 14.4. The zero-order valence-corrected chi connectivity index (χ0v) is 18.5. The third-order valence-corrected chi connectivity index (χ3v) is 5.68. The predicted octanol–water partition coefficient (Wildman–Crippen LogP) is 5.08. The van der Waals surface area contributed by atoms with Gasteiger partial charge in [0.15, 0.2) is 0 Å². The van der Waals surface area contributed by atoms with Crippen molar-refractivity contribution in [3.63, 3.8) is 0 Å². The number of nitrogens with zero attached hydrogens (tertiary/aromatic N) is 4. The molecule has 0 aliphatic rings. The van der Waals surface area contributed by atoms with Crippen molar-refractivity contribution < 1.29 is 9.18 Å². The van der Waals surface area contributed by atoms with Gasteiger partial charge in [-0.05, 0) is 48.9 Å². The summed E-state index contributed by atoms with van der Waals surface area (Å²) in [6.45, 7) is 1.88. The summed E-state index contributed by atoms with van der Waals surface area (Å²) in [4.78, 5) is 25.9. The van der Waals surface area contributed by atoms with Crippen LogP contribution in [0.4, 0.5) is 27.4 Å². The predicted molar refractivity (Wildman–Crippen MR) is 133 cm³/mol. The van der Waals surface area contributed by atoms with Crippen LogP contribution in [0.1, 0.15) is 21.5 Å². The number of hydrogen-bond donors (Lipinski definition) is 3. The summed E-state index contributed by atoms with van der Waals surface area (Å²) in [7, 11) is 0. The van der Waals surface area contributed by atoms with E-state index in [1.54, 1.807) is 30.5 Å². The van der Waals surface area contributed by atoms with Crippen LogP contribution in [0.5, 0.6) is 0 Å². The summed E-state index contributed by atoms with van der Waals surface area (Å²) >= 11 is 0. The number of anilines is 4. The summed E-state index contributed by atoms with van der Waals surface area (Å²) in [5.74, 6) is -0.192. The number of fused-ring (bicyclic) bond motifs is 2. The first-order valence-electron chi connectivity index (χ1n) is 10.6. The molecule has 4 N–H and O–H groups in total. The molecule has 0 saturated heterocycles. The molecule has 0 aliphatic carbocycles. The molecule has 0 saturated carbocycles. The van der Waals surface area contributed by atoms with Gasteiger partial charge in [0.25, 0.3) is 5.91 Å². The number of halogens is 1. The SMILES string of the molecule is Cc1ccc2c(Nc3cc(C#N)ccc3F)nccc2c1NC(=O)c1cccc2c(N)ncnc12. The van der Waals surface area contributed by atoms with Gasteiger partial charge in [-0.3, -0.25) is 4.79 Å². The first kappa shape index (κ1) is 21.7. The highest BCUT2D eigenvalue weighted by molar-refractivity contribution is 6.16. The number of nitrogens with one attached hydrogen (secondary N) is 2. The van der Waals surface area contributed by atoms with Crippen LogP contribution in [-0.2, 0) is 0 Å². The van der Waals surface area contributed by atoms with Crippen molar-refractivity contribution in [2.24, 2.45) is 0 Å². The van der Waals surface area contributed by atoms with Crippen LogP contribution in [-0.4, -0.2) is 20.9 Å². The molecule has 3 aromatic carbocycles. The molecule has 9 heteroatoms. The first-order chi connectivity index (χ1) is 17.0. The maximum Gasteiger partial charge on any atom is 0.257 e. The van der Waals surface area contributed by atoms with Crippen LogP contribution in [0, 0.1) is 24.1 Å². The fraction of sp³-hybridized carbons (Fsp3) is 0.0385. The van der Waals surface area contributed by atoms with E-state index >= 15 is 0 Å². The highest BCUT2D eigenvalue weighted by atomic mass is 19.1. The number of para-hydroxylation sites is 1. The van der Waals surface area contributed by atoms with Gasteiger partial charge in [-0.1, -0.05) is 18.2 Å². The lowest BCUT2D eigenvalue weighted by atomic mass is 10.0. The molecule has 5 rings (SSSR count). The van der Waals surface area contributed by atoms with Gasteiger partial charge in [0.05, 0.1) is 34.1 Å². The molecule has 35 heavy (non-hydrogen) atoms. The average molecular weight is 463 g/mol. The molecule has 1 amide bonds. The average Bonchev–Trinajstić information content (AvgIpc) is 2.87. The topological polar surface area (TPSA) is 130 Å². The van der Waals surface area contributed by atoms with Crippen LogP contribution in [0.2, 0.25) is 0 Å². The number of rotatable bonds is 4. The highest BCUT2D eigenvalue weighted by Crippen LogP contribution is 2.33. The van der Waals surface area contributed by atoms with Gasteiger partial charge in [0, 0.05) is 22.4 Å². The number of carbonyl (C=O) groups excluding carboxylic acids is 1. The minimum absolute atomic E-state index is 0.128. The van der Waals surface area contributed by atoms with Crippen molar-refractivity contribution >= 4 is 50.6 Å². The Balaban J connectivity index is 1.56. The first-order valence-corrected chi connectivity index (χ1v) is 10.6. The van der Waals surface area contributed by atoms with E-state index in [0.717, 1.165) is 5.56 Å². The smallest absolute Gasteiger partial charge is 0.257 e. The lowest BCUT2D eigenvalue weighted by Gasteiger charge is -2.15. The number of amides is 1. The second-order valence-corrected chi connectivity index (χ2v) is 7.86. The molecule has 0 spiro atoms. The summed E-state index contributed by atoms with van der Waals surface area (Å²) in [6.07, 6.45) is 2.89. The monoisotopic (exact) mass is 463 g/mol. The number of carbonyl (C=O) groups is 1. The molecule has 5 aromatic rings. The lowest BCUT2D eigenvalue weighted by molar-refractivity contribution is 0.102. The molecule has 0 atom stereocenters. The fourth-order valence-electron chi connectivity index (χ4n) is 3.92. The van der Waals surface area contributed by atoms with Crippen LogP contribution >= 0.6 is 0 Å². The number of hydrogen-bond acceptors (Lipinski definition) is 7. The number of aryl methyl sites for hydroxylation is 1. The van der Waals surface area contributed by atoms with Crippen LogP contribution < -0.4 is 16.4 Å². The van der Waals surface area contributed by atoms with E-state index in [2.05, 4.69) is 25.6 Å². The normalized spacial score (nSPS) is 10.8. The second-order valence-electron chi connectivity index (χ2n) is 7.86. The van der Waals surface area contributed by atoms with E-state index in [4.69, 9.17) is 11.0 Å². The van der Waals surface area contributed by atoms with Gasteiger partial charge in [-0.15, -0.1) is 0 Å². The third kappa shape index (κ3) is 3.94. The summed E-state index contributed by atoms with van der Waals surface area (Å²) in [6, 6.07) is 16.7. The van der Waals surface area contributed by atoms with Gasteiger partial charge in [0.1, 0.15) is 23.8 Å². The molecular formula is C26H18FN7O. The van der Waals surface area contributed by atoms with E-state index in [0.29, 0.717) is 50.1 Å². The van der Waals surface area contributed by atoms with Crippen LogP contribution in [0.15, 0.2) is 67.1 Å². The van der Waals surface area contributed by atoms with Gasteiger partial charge in [0.2, 0.25) is 0 Å². The van der Waals surface area contributed by atoms with E-state index < -0.39 is 5.82 Å². The van der Waals surface area contributed by atoms with E-state index in [-0.39, 0.29) is 11.6 Å². The van der Waals surface area contributed by atoms with Crippen molar-refractivity contribution in [3.05, 3.63) is 89.6 Å². The largest absolute Gasteiger partial charge is 0.383 e. The zero-order valence-electron chi connectivity index (χ0n) is 18.5. The third-order valence-electron chi connectivity index (χ3n) is 5.68. The maximum absolute atomic E-state index is 14.4. The van der Waals surface area contributed by atoms with Crippen molar-refractivity contribution in [3.8, 4) is 6.07 Å². The van der Waals surface area contributed by atoms with E-state index in [9.17, 15) is 9.18 Å². The molecule has 170 valence electrons. The highest BCUT2D eigenvalue weighted by Gasteiger charge is 2.17. The van der Waals surface area contributed by atoms with Gasteiger partial charge in [-0.25, -0.2) is 19.3 Å². The summed E-state index contributed by atoms with van der Waals surface area (Å²) in [5, 5.41) is 17.1. The molecule has 8 nitrogen and oxygen atoms in total. The molecule has 0 bridgehead atoms. The number of nitriles is 1. The van der Waals surface area contributed by atoms with Gasteiger partial charge >= 0.3 is 0 Å². The van der Waals surface area contributed by atoms with Crippen molar-refractivity contribution in [2.45, 2.75) is 6.92 Å². The Bertz CT molecular complexity index is 1680. The Hall–Kier alpha value is -5.10. The Labute approximate surface area is 199 Å². The number of benzene rings is 3. The number of nitrogen functional groups attached to an aromatic ring is 1.